The molecule has 3 rings (SSSR count). The molecular weight excluding hydrogens is 342 g/mol. The number of piperidine rings is 1. The van der Waals surface area contributed by atoms with Crippen LogP contribution in [0, 0.1) is 0 Å². The molecule has 0 bridgehead atoms. The standard InChI is InChI=1S/C22H25NO4/c24-21(25)15-18(17-9-3-1-4-10-17)16-22(26)27-20-12-6-5-11-19(20)23-13-7-2-8-14-23/h1,3-6,9-12,18H,2,7-8,13-16H2,(H,24,25)/p-1/t18-/m1/s1. The Morgan fingerprint density at radius 2 is 1.59 bits per heavy atom. The number of rotatable bonds is 7. The van der Waals surface area contributed by atoms with Crippen LogP contribution in [-0.4, -0.2) is 25.0 Å². The van der Waals surface area contributed by atoms with Crippen molar-refractivity contribution in [3.8, 4) is 5.75 Å². The molecule has 0 N–H and O–H groups in total. The molecule has 1 saturated heterocycles. The van der Waals surface area contributed by atoms with Crippen LogP contribution in [0.2, 0.25) is 0 Å². The van der Waals surface area contributed by atoms with Crippen molar-refractivity contribution in [2.45, 2.75) is 38.0 Å². The lowest BCUT2D eigenvalue weighted by atomic mass is 9.92. The minimum absolute atomic E-state index is 0.00761. The van der Waals surface area contributed by atoms with Gasteiger partial charge in [-0.25, -0.2) is 0 Å². The number of esters is 1. The summed E-state index contributed by atoms with van der Waals surface area (Å²) in [6.45, 7) is 1.90. The largest absolute Gasteiger partial charge is 0.550 e. The number of benzene rings is 2. The van der Waals surface area contributed by atoms with Gasteiger partial charge in [0, 0.05) is 19.1 Å². The number of hydrogen-bond donors (Lipinski definition) is 0. The fourth-order valence-corrected chi connectivity index (χ4v) is 3.54. The van der Waals surface area contributed by atoms with E-state index < -0.39 is 17.9 Å². The first-order chi connectivity index (χ1) is 13.1. The van der Waals surface area contributed by atoms with Crippen molar-refractivity contribution < 1.29 is 19.4 Å². The van der Waals surface area contributed by atoms with E-state index in [-0.39, 0.29) is 12.8 Å². The van der Waals surface area contributed by atoms with Crippen LogP contribution in [0.5, 0.6) is 5.75 Å². The first-order valence-corrected chi connectivity index (χ1v) is 9.43. The van der Waals surface area contributed by atoms with E-state index in [1.165, 1.54) is 6.42 Å². The third-order valence-corrected chi connectivity index (χ3v) is 4.88. The monoisotopic (exact) mass is 366 g/mol. The van der Waals surface area contributed by atoms with Gasteiger partial charge in [0.2, 0.25) is 0 Å². The number of carboxylic acids is 1. The van der Waals surface area contributed by atoms with Gasteiger partial charge in [-0.05, 0) is 49.3 Å². The summed E-state index contributed by atoms with van der Waals surface area (Å²) in [6, 6.07) is 16.7. The van der Waals surface area contributed by atoms with E-state index in [9.17, 15) is 14.7 Å². The number of carboxylic acid groups (broad SMARTS) is 1. The van der Waals surface area contributed by atoms with E-state index >= 15 is 0 Å². The number of nitrogens with zero attached hydrogens (tertiary/aromatic N) is 1. The second-order valence-electron chi connectivity index (χ2n) is 6.88. The van der Waals surface area contributed by atoms with Gasteiger partial charge in [0.15, 0.2) is 5.75 Å². The highest BCUT2D eigenvalue weighted by Gasteiger charge is 2.20. The van der Waals surface area contributed by atoms with Crippen LogP contribution in [-0.2, 0) is 9.59 Å². The summed E-state index contributed by atoms with van der Waals surface area (Å²) in [5, 5.41) is 11.1. The van der Waals surface area contributed by atoms with Gasteiger partial charge in [0.25, 0.3) is 0 Å². The lowest BCUT2D eigenvalue weighted by Crippen LogP contribution is -2.30. The summed E-state index contributed by atoms with van der Waals surface area (Å²) < 4.78 is 5.64. The maximum atomic E-state index is 12.6. The zero-order valence-electron chi connectivity index (χ0n) is 15.3. The number of para-hydroxylation sites is 2. The molecule has 0 saturated carbocycles. The van der Waals surface area contributed by atoms with Crippen LogP contribution in [0.4, 0.5) is 5.69 Å². The van der Waals surface area contributed by atoms with Gasteiger partial charge >= 0.3 is 5.97 Å². The Morgan fingerprint density at radius 3 is 2.30 bits per heavy atom. The van der Waals surface area contributed by atoms with Gasteiger partial charge in [-0.1, -0.05) is 42.5 Å². The van der Waals surface area contributed by atoms with Crippen molar-refractivity contribution in [2.75, 3.05) is 18.0 Å². The highest BCUT2D eigenvalue weighted by atomic mass is 16.5. The second kappa shape index (κ2) is 9.21. The third kappa shape index (κ3) is 5.33. The topological polar surface area (TPSA) is 69.7 Å². The molecule has 0 aliphatic carbocycles. The molecule has 0 radical (unpaired) electrons. The van der Waals surface area contributed by atoms with Crippen molar-refractivity contribution in [3.63, 3.8) is 0 Å². The Hall–Kier alpha value is -2.82. The van der Waals surface area contributed by atoms with Crippen LogP contribution in [0.15, 0.2) is 54.6 Å². The number of aliphatic carboxylic acids is 1. The zero-order valence-corrected chi connectivity index (χ0v) is 15.3. The summed E-state index contributed by atoms with van der Waals surface area (Å²) in [6.07, 6.45) is 3.26. The molecule has 5 nitrogen and oxygen atoms in total. The average molecular weight is 366 g/mol. The first kappa shape index (κ1) is 19.0. The number of hydrogen-bond acceptors (Lipinski definition) is 5. The highest BCUT2D eigenvalue weighted by molar-refractivity contribution is 5.77. The normalized spacial score (nSPS) is 15.2. The van der Waals surface area contributed by atoms with Crippen molar-refractivity contribution >= 4 is 17.6 Å². The van der Waals surface area contributed by atoms with Gasteiger partial charge in [-0.2, -0.15) is 0 Å². The SMILES string of the molecule is O=C([O-])C[C@H](CC(=O)Oc1ccccc1N1CCCCC1)c1ccccc1. The highest BCUT2D eigenvalue weighted by Crippen LogP contribution is 2.31. The van der Waals surface area contributed by atoms with Crippen molar-refractivity contribution in [3.05, 3.63) is 60.2 Å². The predicted octanol–water partition coefficient (Wildman–Crippen LogP) is 2.90. The quantitative estimate of drug-likeness (QED) is 0.557. The zero-order chi connectivity index (χ0) is 19.1. The lowest BCUT2D eigenvalue weighted by molar-refractivity contribution is -0.306. The second-order valence-corrected chi connectivity index (χ2v) is 6.88. The summed E-state index contributed by atoms with van der Waals surface area (Å²) in [5.41, 5.74) is 1.71. The molecule has 5 heteroatoms. The van der Waals surface area contributed by atoms with E-state index in [1.54, 1.807) is 6.07 Å². The van der Waals surface area contributed by atoms with Crippen molar-refractivity contribution in [1.82, 2.24) is 0 Å². The number of anilines is 1. The lowest BCUT2D eigenvalue weighted by Gasteiger charge is -2.30. The molecular formula is C22H24NO4-. The number of carbonyl (C=O) groups excluding carboxylic acids is 2. The maximum absolute atomic E-state index is 12.6. The van der Waals surface area contributed by atoms with Gasteiger partial charge in [-0.15, -0.1) is 0 Å². The Morgan fingerprint density at radius 1 is 0.926 bits per heavy atom. The average Bonchev–Trinajstić information content (AvgIpc) is 2.69. The van der Waals surface area contributed by atoms with E-state index in [0.717, 1.165) is 37.2 Å². The van der Waals surface area contributed by atoms with Gasteiger partial charge in [-0.3, -0.25) is 4.79 Å². The maximum Gasteiger partial charge on any atom is 0.311 e. The van der Waals surface area contributed by atoms with Gasteiger partial charge in [0.05, 0.1) is 12.1 Å². The number of carbonyl (C=O) groups is 2. The van der Waals surface area contributed by atoms with E-state index in [4.69, 9.17) is 4.74 Å². The molecule has 27 heavy (non-hydrogen) atoms. The minimum atomic E-state index is -1.18. The number of ether oxygens (including phenoxy) is 1. The molecule has 2 aromatic carbocycles. The third-order valence-electron chi connectivity index (χ3n) is 4.88. The Bertz CT molecular complexity index is 769. The van der Waals surface area contributed by atoms with E-state index in [0.29, 0.717) is 5.75 Å². The van der Waals surface area contributed by atoms with Gasteiger partial charge in [0.1, 0.15) is 0 Å². The van der Waals surface area contributed by atoms with Gasteiger partial charge < -0.3 is 19.5 Å². The first-order valence-electron chi connectivity index (χ1n) is 9.43. The molecule has 0 unspecified atom stereocenters. The molecule has 1 aliphatic heterocycles. The van der Waals surface area contributed by atoms with Crippen LogP contribution in [0.25, 0.3) is 0 Å². The van der Waals surface area contributed by atoms with Crippen LogP contribution in [0.1, 0.15) is 43.6 Å². The van der Waals surface area contributed by atoms with E-state index in [2.05, 4.69) is 4.90 Å². The summed E-state index contributed by atoms with van der Waals surface area (Å²) >= 11 is 0. The summed E-state index contributed by atoms with van der Waals surface area (Å²) in [7, 11) is 0. The van der Waals surface area contributed by atoms with Crippen molar-refractivity contribution in [1.29, 1.82) is 0 Å². The smallest absolute Gasteiger partial charge is 0.311 e. The molecule has 1 atom stereocenters. The molecule has 1 fully saturated rings. The fraction of sp³-hybridized carbons (Fsp3) is 0.364. The molecule has 142 valence electrons. The Balaban J connectivity index is 1.71. The molecule has 0 aromatic heterocycles. The minimum Gasteiger partial charge on any atom is -0.550 e. The molecule has 2 aromatic rings. The molecule has 0 amide bonds. The predicted molar refractivity (Wildman–Crippen MR) is 102 cm³/mol. The van der Waals surface area contributed by atoms with Crippen LogP contribution < -0.4 is 14.7 Å². The molecule has 1 aliphatic rings. The molecule has 1 heterocycles. The Labute approximate surface area is 159 Å². The summed E-state index contributed by atoms with van der Waals surface area (Å²) in [4.78, 5) is 25.9. The summed E-state index contributed by atoms with van der Waals surface area (Å²) in [5.74, 6) is -1.55. The van der Waals surface area contributed by atoms with Crippen molar-refractivity contribution in [2.24, 2.45) is 0 Å². The van der Waals surface area contributed by atoms with Crippen LogP contribution >= 0.6 is 0 Å². The Kier molecular flexibility index (Phi) is 6.47. The fourth-order valence-electron chi connectivity index (χ4n) is 3.54. The molecule has 0 spiro atoms. The van der Waals surface area contributed by atoms with E-state index in [1.807, 2.05) is 48.5 Å². The van der Waals surface area contributed by atoms with Crippen LogP contribution in [0.3, 0.4) is 0 Å².